The summed E-state index contributed by atoms with van der Waals surface area (Å²) in [6, 6.07) is 13.8. The van der Waals surface area contributed by atoms with Gasteiger partial charge in [-0.2, -0.15) is 0 Å². The molecule has 0 N–H and O–H groups in total. The highest BCUT2D eigenvalue weighted by molar-refractivity contribution is 5.98. The second-order valence-corrected chi connectivity index (χ2v) is 8.69. The van der Waals surface area contributed by atoms with E-state index in [2.05, 4.69) is 0 Å². The zero-order valence-corrected chi connectivity index (χ0v) is 21.0. The monoisotopic (exact) mass is 502 g/mol. The molecule has 2 heterocycles. The summed E-state index contributed by atoms with van der Waals surface area (Å²) in [6.07, 6.45) is 0. The van der Waals surface area contributed by atoms with Crippen LogP contribution in [0.1, 0.15) is 21.5 Å². The molecule has 3 aromatic carbocycles. The number of fused-ring (bicyclic) bond motifs is 2. The predicted octanol–water partition coefficient (Wildman–Crippen LogP) is 5.13. The lowest BCUT2D eigenvalue weighted by Gasteiger charge is -2.18. The van der Waals surface area contributed by atoms with Crippen molar-refractivity contribution < 1.29 is 32.9 Å². The fourth-order valence-electron chi connectivity index (χ4n) is 4.37. The van der Waals surface area contributed by atoms with Gasteiger partial charge in [0.2, 0.25) is 11.2 Å². The van der Waals surface area contributed by atoms with E-state index in [4.69, 9.17) is 28.1 Å². The van der Waals surface area contributed by atoms with E-state index in [0.717, 1.165) is 11.1 Å². The van der Waals surface area contributed by atoms with Gasteiger partial charge in [0.05, 0.1) is 19.6 Å². The average Bonchev–Trinajstić information content (AvgIpc) is 2.92. The maximum atomic E-state index is 13.7. The Morgan fingerprint density at radius 1 is 0.892 bits per heavy atom. The molecule has 0 saturated heterocycles. The molecule has 37 heavy (non-hydrogen) atoms. The van der Waals surface area contributed by atoms with Gasteiger partial charge in [0.1, 0.15) is 18.8 Å². The molecule has 0 radical (unpaired) electrons. The van der Waals surface area contributed by atoms with Crippen LogP contribution in [-0.2, 0) is 0 Å². The van der Waals surface area contributed by atoms with Gasteiger partial charge in [0.25, 0.3) is 0 Å². The molecule has 0 unspecified atom stereocenters. The van der Waals surface area contributed by atoms with E-state index in [-0.39, 0.29) is 29.3 Å². The number of rotatable bonds is 7. The molecule has 0 atom stereocenters. The van der Waals surface area contributed by atoms with Gasteiger partial charge in [-0.1, -0.05) is 6.07 Å². The normalized spacial score (nSPS) is 12.3. The summed E-state index contributed by atoms with van der Waals surface area (Å²) >= 11 is 0. The zero-order chi connectivity index (χ0) is 26.1. The third-order valence-electron chi connectivity index (χ3n) is 6.14. The van der Waals surface area contributed by atoms with Crippen molar-refractivity contribution in [1.29, 1.82) is 0 Å². The Balaban J connectivity index is 1.57. The summed E-state index contributed by atoms with van der Waals surface area (Å²) in [5, 5.41) is 0.378. The summed E-state index contributed by atoms with van der Waals surface area (Å²) in [5.74, 6) is 1.88. The van der Waals surface area contributed by atoms with Gasteiger partial charge in [-0.15, -0.1) is 0 Å². The van der Waals surface area contributed by atoms with Crippen LogP contribution in [0, 0.1) is 13.8 Å². The van der Waals surface area contributed by atoms with Crippen LogP contribution < -0.4 is 29.1 Å². The Morgan fingerprint density at radius 2 is 1.65 bits per heavy atom. The molecule has 0 aliphatic carbocycles. The van der Waals surface area contributed by atoms with Gasteiger partial charge in [0.15, 0.2) is 41.1 Å². The fourth-order valence-corrected chi connectivity index (χ4v) is 4.37. The topological polar surface area (TPSA) is 93.4 Å². The van der Waals surface area contributed by atoms with Crippen molar-refractivity contribution >= 4 is 16.8 Å². The molecule has 0 amide bonds. The molecule has 1 aliphatic heterocycles. The molecule has 190 valence electrons. The van der Waals surface area contributed by atoms with Gasteiger partial charge in [0, 0.05) is 11.1 Å². The van der Waals surface area contributed by atoms with E-state index in [1.54, 1.807) is 42.5 Å². The number of hydrogen-bond acceptors (Lipinski definition) is 8. The number of carbonyl (C=O) groups is 1. The Bertz CT molecular complexity index is 1570. The molecule has 1 aromatic heterocycles. The second kappa shape index (κ2) is 9.89. The number of carbonyl (C=O) groups excluding carboxylic acids is 1. The molecule has 8 nitrogen and oxygen atoms in total. The highest BCUT2D eigenvalue weighted by Crippen LogP contribution is 2.37. The Hall–Kier alpha value is -4.46. The van der Waals surface area contributed by atoms with E-state index >= 15 is 0 Å². The van der Waals surface area contributed by atoms with Crippen molar-refractivity contribution in [1.82, 2.24) is 0 Å². The average molecular weight is 503 g/mol. The minimum atomic E-state index is -0.374. The lowest BCUT2D eigenvalue weighted by atomic mass is 10.0. The van der Waals surface area contributed by atoms with Crippen LogP contribution in [0.5, 0.6) is 28.7 Å². The zero-order valence-electron chi connectivity index (χ0n) is 21.0. The second-order valence-electron chi connectivity index (χ2n) is 8.69. The quantitative estimate of drug-likeness (QED) is 0.321. The maximum Gasteiger partial charge on any atom is 0.235 e. The largest absolute Gasteiger partial charge is 0.493 e. The molecule has 4 aromatic rings. The molecule has 0 bridgehead atoms. The minimum absolute atomic E-state index is 0.0596. The molecule has 0 spiro atoms. The van der Waals surface area contributed by atoms with Gasteiger partial charge in [-0.3, -0.25) is 9.59 Å². The molecule has 0 saturated carbocycles. The predicted molar refractivity (Wildman–Crippen MR) is 138 cm³/mol. The van der Waals surface area contributed by atoms with Crippen molar-refractivity contribution in [2.45, 2.75) is 13.8 Å². The number of benzene rings is 3. The van der Waals surface area contributed by atoms with Crippen molar-refractivity contribution in [2.24, 2.45) is 0 Å². The fraction of sp³-hybridized carbons (Fsp3) is 0.241. The number of ether oxygens (including phenoxy) is 5. The Labute approximate surface area is 213 Å². The smallest absolute Gasteiger partial charge is 0.235 e. The van der Waals surface area contributed by atoms with E-state index in [9.17, 15) is 9.59 Å². The first-order valence-corrected chi connectivity index (χ1v) is 11.8. The Morgan fingerprint density at radius 3 is 2.41 bits per heavy atom. The Kier molecular flexibility index (Phi) is 6.48. The first-order valence-electron chi connectivity index (χ1n) is 11.8. The van der Waals surface area contributed by atoms with Crippen LogP contribution in [0.25, 0.3) is 22.3 Å². The molecule has 0 fully saturated rings. The van der Waals surface area contributed by atoms with Crippen LogP contribution in [0.4, 0.5) is 0 Å². The van der Waals surface area contributed by atoms with Crippen LogP contribution in [0.15, 0.2) is 57.7 Å². The summed E-state index contributed by atoms with van der Waals surface area (Å²) in [7, 11) is 3.06. The molecular weight excluding hydrogens is 476 g/mol. The van der Waals surface area contributed by atoms with Crippen LogP contribution in [-0.4, -0.2) is 39.8 Å². The molecule has 5 rings (SSSR count). The third-order valence-corrected chi connectivity index (χ3v) is 6.14. The summed E-state index contributed by atoms with van der Waals surface area (Å²) < 4.78 is 34.0. The highest BCUT2D eigenvalue weighted by atomic mass is 16.6. The number of hydrogen-bond donors (Lipinski definition) is 0. The van der Waals surface area contributed by atoms with Crippen LogP contribution in [0.3, 0.4) is 0 Å². The molecule has 1 aliphatic rings. The summed E-state index contributed by atoms with van der Waals surface area (Å²) in [4.78, 5) is 26.7. The van der Waals surface area contributed by atoms with Crippen molar-refractivity contribution in [3.05, 3.63) is 75.4 Å². The van der Waals surface area contributed by atoms with E-state index < -0.39 is 0 Å². The summed E-state index contributed by atoms with van der Waals surface area (Å²) in [5.41, 5.74) is 2.73. The van der Waals surface area contributed by atoms with Crippen molar-refractivity contribution in [2.75, 3.05) is 34.0 Å². The number of aryl methyl sites for hydroxylation is 2. The van der Waals surface area contributed by atoms with Gasteiger partial charge < -0.3 is 28.1 Å². The SMILES string of the molecule is COc1ccc(-c2oc3c(C)cc(C)cc3c(=O)c2OCC(=O)c2ccc3c(c2)OCCO3)cc1OC. The number of methoxy groups -OCH3 is 2. The first-order chi connectivity index (χ1) is 17.9. The van der Waals surface area contributed by atoms with Crippen LogP contribution in [0.2, 0.25) is 0 Å². The number of Topliss-reactive ketones (excluding diaryl/α,β-unsaturated/α-hetero) is 1. The standard InChI is InChI=1S/C29H26O8/c1-16-11-17(2)27-20(12-16)26(31)29(28(37-27)19-6-7-22(32-3)24(14-19)33-4)36-15-21(30)18-5-8-23-25(13-18)35-10-9-34-23/h5-8,11-14H,9-10,15H2,1-4H3. The summed E-state index contributed by atoms with van der Waals surface area (Å²) in [6.45, 7) is 4.27. The van der Waals surface area contributed by atoms with Gasteiger partial charge in [-0.25, -0.2) is 0 Å². The first kappa shape index (κ1) is 24.2. The van der Waals surface area contributed by atoms with E-state index in [0.29, 0.717) is 58.3 Å². The van der Waals surface area contributed by atoms with E-state index in [1.165, 1.54) is 14.2 Å². The lowest BCUT2D eigenvalue weighted by molar-refractivity contribution is 0.0919. The molecular formula is C29H26O8. The maximum absolute atomic E-state index is 13.7. The lowest BCUT2D eigenvalue weighted by Crippen LogP contribution is -2.19. The molecule has 8 heteroatoms. The van der Waals surface area contributed by atoms with Gasteiger partial charge in [-0.05, 0) is 67.4 Å². The third kappa shape index (κ3) is 4.58. The van der Waals surface area contributed by atoms with Crippen molar-refractivity contribution in [3.63, 3.8) is 0 Å². The van der Waals surface area contributed by atoms with Gasteiger partial charge >= 0.3 is 0 Å². The highest BCUT2D eigenvalue weighted by Gasteiger charge is 2.22. The number of ketones is 1. The van der Waals surface area contributed by atoms with Crippen molar-refractivity contribution in [3.8, 4) is 40.1 Å². The van der Waals surface area contributed by atoms with Crippen LogP contribution >= 0.6 is 0 Å². The minimum Gasteiger partial charge on any atom is -0.493 e. The van der Waals surface area contributed by atoms with E-state index in [1.807, 2.05) is 19.9 Å².